The first-order valence-corrected chi connectivity index (χ1v) is 13.1. The molecule has 8 atom stereocenters. The van der Waals surface area contributed by atoms with Crippen molar-refractivity contribution in [2.24, 2.45) is 23.7 Å². The van der Waals surface area contributed by atoms with E-state index in [1.165, 1.54) is 12.1 Å². The van der Waals surface area contributed by atoms with Crippen LogP contribution in [-0.2, 0) is 40.1 Å². The number of carbonyl (C=O) groups is 3. The van der Waals surface area contributed by atoms with E-state index in [1.807, 2.05) is 13.8 Å². The van der Waals surface area contributed by atoms with E-state index >= 15 is 0 Å². The summed E-state index contributed by atoms with van der Waals surface area (Å²) in [5.41, 5.74) is 0.215. The van der Waals surface area contributed by atoms with Gasteiger partial charge in [0.1, 0.15) is 0 Å². The second-order valence-corrected chi connectivity index (χ2v) is 11.0. The molecule has 1 spiro atoms. The summed E-state index contributed by atoms with van der Waals surface area (Å²) in [4.78, 5) is 47.8. The first-order valence-electron chi connectivity index (χ1n) is 13.1. The number of carboxylic acids is 1. The fourth-order valence-electron chi connectivity index (χ4n) is 6.46. The van der Waals surface area contributed by atoms with Crippen molar-refractivity contribution in [2.45, 2.75) is 89.8 Å². The van der Waals surface area contributed by atoms with Crippen LogP contribution in [-0.4, -0.2) is 46.9 Å². The molecule has 202 valence electrons. The van der Waals surface area contributed by atoms with Gasteiger partial charge in [0, 0.05) is 31.2 Å². The third-order valence-corrected chi connectivity index (χ3v) is 8.59. The molecule has 1 amide bonds. The largest absolute Gasteiger partial charge is 0.478 e. The van der Waals surface area contributed by atoms with Crippen molar-refractivity contribution < 1.29 is 43.5 Å². The summed E-state index contributed by atoms with van der Waals surface area (Å²) >= 11 is 0. The van der Waals surface area contributed by atoms with Gasteiger partial charge in [-0.1, -0.05) is 26.0 Å². The van der Waals surface area contributed by atoms with Gasteiger partial charge in [-0.05, 0) is 55.7 Å². The van der Waals surface area contributed by atoms with Crippen molar-refractivity contribution >= 4 is 17.8 Å². The maximum Gasteiger partial charge on any atom is 0.335 e. The van der Waals surface area contributed by atoms with E-state index in [1.54, 1.807) is 12.1 Å². The van der Waals surface area contributed by atoms with Gasteiger partial charge in [-0.2, -0.15) is 0 Å². The summed E-state index contributed by atoms with van der Waals surface area (Å²) in [5, 5.41) is 11.7. The van der Waals surface area contributed by atoms with Crippen molar-refractivity contribution in [2.75, 3.05) is 0 Å². The molecule has 0 aromatic heterocycles. The molecular formula is C27H35NO9. The van der Waals surface area contributed by atoms with Crippen LogP contribution in [0.1, 0.15) is 75.2 Å². The molecule has 10 heteroatoms. The van der Waals surface area contributed by atoms with Crippen LogP contribution < -0.4 is 5.32 Å². The van der Waals surface area contributed by atoms with Crippen LogP contribution in [0.3, 0.4) is 0 Å². The molecule has 6 rings (SSSR count). The second kappa shape index (κ2) is 9.98. The molecule has 1 saturated carbocycles. The average Bonchev–Trinajstić information content (AvgIpc) is 3.10. The quantitative estimate of drug-likeness (QED) is 0.412. The van der Waals surface area contributed by atoms with Gasteiger partial charge in [-0.15, -0.1) is 0 Å². The van der Waals surface area contributed by atoms with Gasteiger partial charge < -0.3 is 24.6 Å². The van der Waals surface area contributed by atoms with E-state index in [0.29, 0.717) is 12.3 Å². The number of hydrogen-bond donors (Lipinski definition) is 2. The first-order chi connectivity index (χ1) is 17.6. The molecule has 0 unspecified atom stereocenters. The van der Waals surface area contributed by atoms with Crippen molar-refractivity contribution in [3.8, 4) is 0 Å². The van der Waals surface area contributed by atoms with Crippen LogP contribution in [0, 0.1) is 23.7 Å². The highest BCUT2D eigenvalue weighted by atomic mass is 17.3. The standard InChI is InChI=1S/C27H35NO9/c1-15-4-9-20-16(2)24(34-25-27(20)19(15)12-13-26(3,35-25)36-37-27)33-22(30)11-10-21(29)28-14-17-5-7-18(8-6-17)23(31)32/h5-8,15-16,19-20,24-25H,4,9-14H2,1-3H3,(H,28,29)(H,31,32)/t15-,16+,19-,20+,24+,25-,26-,27+/m0/s1. The summed E-state index contributed by atoms with van der Waals surface area (Å²) in [6, 6.07) is 6.24. The highest BCUT2D eigenvalue weighted by molar-refractivity contribution is 5.87. The van der Waals surface area contributed by atoms with Gasteiger partial charge in [0.15, 0.2) is 11.9 Å². The van der Waals surface area contributed by atoms with E-state index in [9.17, 15) is 14.4 Å². The number of ether oxygens (including phenoxy) is 3. The number of hydrogen-bond acceptors (Lipinski definition) is 8. The monoisotopic (exact) mass is 517 g/mol. The zero-order chi connectivity index (χ0) is 26.4. The number of carboxylic acid groups (broad SMARTS) is 1. The number of aromatic carboxylic acids is 1. The summed E-state index contributed by atoms with van der Waals surface area (Å²) in [5.74, 6) is -2.15. The number of carbonyl (C=O) groups excluding carboxylic acids is 2. The third-order valence-electron chi connectivity index (χ3n) is 8.59. The minimum Gasteiger partial charge on any atom is -0.478 e. The maximum atomic E-state index is 12.7. The van der Waals surface area contributed by atoms with Crippen LogP contribution in [0.2, 0.25) is 0 Å². The van der Waals surface area contributed by atoms with Crippen LogP contribution >= 0.6 is 0 Å². The van der Waals surface area contributed by atoms with Crippen molar-refractivity contribution in [3.63, 3.8) is 0 Å². The number of amides is 1. The maximum absolute atomic E-state index is 12.7. The topological polar surface area (TPSA) is 130 Å². The molecule has 4 aliphatic heterocycles. The second-order valence-electron chi connectivity index (χ2n) is 11.0. The van der Waals surface area contributed by atoms with E-state index in [0.717, 1.165) is 24.8 Å². The minimum atomic E-state index is -1.01. The number of benzene rings is 1. The predicted octanol–water partition coefficient (Wildman–Crippen LogP) is 3.53. The Bertz CT molecular complexity index is 1040. The van der Waals surface area contributed by atoms with E-state index in [2.05, 4.69) is 12.2 Å². The molecule has 1 aromatic rings. The van der Waals surface area contributed by atoms with E-state index in [4.69, 9.17) is 29.1 Å². The number of nitrogens with one attached hydrogen (secondary N) is 1. The molecule has 5 fully saturated rings. The lowest BCUT2D eigenvalue weighted by Crippen LogP contribution is -2.70. The summed E-state index contributed by atoms with van der Waals surface area (Å²) in [7, 11) is 0. The van der Waals surface area contributed by atoms with Crippen molar-refractivity contribution in [1.29, 1.82) is 0 Å². The minimum absolute atomic E-state index is 0.0327. The Balaban J connectivity index is 1.16. The fourth-order valence-corrected chi connectivity index (χ4v) is 6.46. The molecule has 0 radical (unpaired) electrons. The lowest BCUT2D eigenvalue weighted by molar-refractivity contribution is -0.576. The Hall–Kier alpha value is -2.53. The van der Waals surface area contributed by atoms with Crippen molar-refractivity contribution in [1.82, 2.24) is 5.32 Å². The lowest BCUT2D eigenvalue weighted by atomic mass is 9.58. The third kappa shape index (κ3) is 4.87. The van der Waals surface area contributed by atoms with Gasteiger partial charge in [-0.25, -0.2) is 14.6 Å². The molecule has 37 heavy (non-hydrogen) atoms. The zero-order valence-corrected chi connectivity index (χ0v) is 21.4. The van der Waals surface area contributed by atoms with Crippen LogP contribution in [0.25, 0.3) is 0 Å². The van der Waals surface area contributed by atoms with Crippen molar-refractivity contribution in [3.05, 3.63) is 35.4 Å². The fraction of sp³-hybridized carbons (Fsp3) is 0.667. The average molecular weight is 518 g/mol. The Labute approximate surface area is 215 Å². The Morgan fingerprint density at radius 1 is 1.05 bits per heavy atom. The summed E-state index contributed by atoms with van der Waals surface area (Å²) in [6.45, 7) is 6.33. The molecule has 2 N–H and O–H groups in total. The molecule has 5 aliphatic rings. The predicted molar refractivity (Wildman–Crippen MR) is 127 cm³/mol. The van der Waals surface area contributed by atoms with Gasteiger partial charge in [0.2, 0.25) is 18.0 Å². The lowest BCUT2D eigenvalue weighted by Gasteiger charge is -2.59. The molecular weight excluding hydrogens is 482 g/mol. The summed E-state index contributed by atoms with van der Waals surface area (Å²) in [6.07, 6.45) is 1.95. The van der Waals surface area contributed by atoms with Gasteiger partial charge in [-0.3, -0.25) is 9.59 Å². The zero-order valence-electron chi connectivity index (χ0n) is 21.4. The molecule has 4 heterocycles. The van der Waals surface area contributed by atoms with Crippen LogP contribution in [0.15, 0.2) is 24.3 Å². The number of esters is 1. The van der Waals surface area contributed by atoms with Crippen LogP contribution in [0.4, 0.5) is 0 Å². The molecule has 10 nitrogen and oxygen atoms in total. The highest BCUT2D eigenvalue weighted by Crippen LogP contribution is 2.60. The first kappa shape index (κ1) is 26.1. The highest BCUT2D eigenvalue weighted by Gasteiger charge is 2.69. The Morgan fingerprint density at radius 2 is 1.81 bits per heavy atom. The van der Waals surface area contributed by atoms with Gasteiger partial charge in [0.05, 0.1) is 12.0 Å². The van der Waals surface area contributed by atoms with Crippen LogP contribution in [0.5, 0.6) is 0 Å². The molecule has 2 bridgehead atoms. The molecule has 1 aliphatic carbocycles. The Morgan fingerprint density at radius 3 is 2.54 bits per heavy atom. The van der Waals surface area contributed by atoms with E-state index < -0.39 is 35.9 Å². The van der Waals surface area contributed by atoms with Gasteiger partial charge in [0.25, 0.3) is 0 Å². The number of fused-ring (bicyclic) bond motifs is 2. The smallest absolute Gasteiger partial charge is 0.335 e. The number of rotatable bonds is 7. The molecule has 1 aromatic carbocycles. The SMILES string of the molecule is C[C@H]1[C@H](OC(=O)CCC(=O)NCc2ccc(C(=O)O)cc2)O[C@H]2O[C@]3(C)CC[C@H]4[C@@H](C)CC[C@H]1[C@@]24OO3. The Kier molecular flexibility index (Phi) is 7.04. The van der Waals surface area contributed by atoms with E-state index in [-0.39, 0.29) is 48.6 Å². The van der Waals surface area contributed by atoms with Gasteiger partial charge >= 0.3 is 11.9 Å². The summed E-state index contributed by atoms with van der Waals surface area (Å²) < 4.78 is 18.3. The molecule has 4 saturated heterocycles. The normalized spacial score (nSPS) is 38.2.